The molecule has 2 unspecified atom stereocenters. The highest BCUT2D eigenvalue weighted by atomic mass is 16.6. The molecule has 10 nitrogen and oxygen atoms in total. The third kappa shape index (κ3) is 3.11. The Morgan fingerprint density at radius 2 is 0.505 bits per heavy atom. The predicted molar refractivity (Wildman–Crippen MR) is 380 cm³/mol. The highest BCUT2D eigenvalue weighted by Crippen LogP contribution is 2.85. The Balaban J connectivity index is 0.735. The number of hydrogen-bond acceptors (Lipinski definition) is 7. The molecule has 10 heteroatoms. The van der Waals surface area contributed by atoms with Gasteiger partial charge in [0.25, 0.3) is 0 Å². The Kier molecular flexibility index (Phi) is 5.00. The van der Waals surface area contributed by atoms with Gasteiger partial charge >= 0.3 is 18.3 Å². The largest absolute Gasteiger partial charge is 0.444 e. The molecule has 1 N–H and O–H groups in total. The molecule has 1 saturated heterocycles. The molecule has 5 aliphatic rings. The summed E-state index contributed by atoms with van der Waals surface area (Å²) in [5.74, 6) is 0. The van der Waals surface area contributed by atoms with Gasteiger partial charge in [-0.3, -0.25) is 4.90 Å². The molecule has 28 aromatic carbocycles. The van der Waals surface area contributed by atoms with E-state index in [2.05, 4.69) is 10.2 Å². The standard InChI is InChI=1S/C83H44N4O6/c1-79(2,3)91-76(88)84-10-11-86(77(89)92-80(4,5)6)14-15-87(78(90)93-81(7,8)9)13-12-85-16-82-72-65-58-46-38-29-20-18-19-21-24(20)33-40(38)48-49-41(33)39-30(21)32-28-23(19)26-25-22(18)27-31(29)44(46)52-50-36(27)34(25)42-43-35(26)37(28)51-53-45(32)47(39)59-61(49)70(69(72)60(48)58)73-66(59)64(53)68-57(51)55(43)62-54(42)56(50)67(63(52)65)74(82)71(62)75(68)83(73,82)17-85/h10-17H2,1-9H3,(H,84,88). The van der Waals surface area contributed by atoms with Crippen LogP contribution in [0.15, 0.2) is 0 Å². The van der Waals surface area contributed by atoms with Crippen LogP contribution < -0.4 is 5.32 Å². The van der Waals surface area contributed by atoms with Gasteiger partial charge in [-0.15, -0.1) is 0 Å². The van der Waals surface area contributed by atoms with Gasteiger partial charge in [0.1, 0.15) is 16.8 Å². The van der Waals surface area contributed by atoms with Crippen molar-refractivity contribution in [1.82, 2.24) is 20.0 Å². The van der Waals surface area contributed by atoms with E-state index in [1.54, 1.807) is 318 Å². The molecule has 33 rings (SSSR count). The summed E-state index contributed by atoms with van der Waals surface area (Å²) in [6.45, 7) is 20.3. The van der Waals surface area contributed by atoms with Crippen molar-refractivity contribution in [3.8, 4) is 0 Å². The van der Waals surface area contributed by atoms with Gasteiger partial charge in [0.05, 0.1) is 10.8 Å². The number of amides is 3. The number of alkyl carbamates (subject to hydrolysis) is 1. The molecule has 4 aliphatic carbocycles. The summed E-state index contributed by atoms with van der Waals surface area (Å²) in [7, 11) is 0. The number of nitrogens with zero attached hydrogens (tertiary/aromatic N) is 3. The summed E-state index contributed by atoms with van der Waals surface area (Å²) in [6.07, 6.45) is -1.45. The van der Waals surface area contributed by atoms with Crippen molar-refractivity contribution in [3.05, 3.63) is 22.3 Å². The second-order valence-electron chi connectivity index (χ2n) is 34.6. The van der Waals surface area contributed by atoms with Crippen LogP contribution in [0, 0.1) is 0 Å². The van der Waals surface area contributed by atoms with E-state index in [9.17, 15) is 9.59 Å². The Labute approximate surface area is 519 Å². The average molecular weight is 1190 g/mol. The highest BCUT2D eigenvalue weighted by Gasteiger charge is 2.73. The summed E-state index contributed by atoms with van der Waals surface area (Å²) < 4.78 is 18.0. The Bertz CT molecular complexity index is 7790. The quantitative estimate of drug-likeness (QED) is 0.113. The first-order chi connectivity index (χ1) is 44.9. The Hall–Kier alpha value is -9.77. The normalized spacial score (nSPS) is 20.4. The zero-order chi connectivity index (χ0) is 59.9. The number of carbonyl (C=O) groups excluding carboxylic acids is 3. The lowest BCUT2D eigenvalue weighted by Crippen LogP contribution is -2.49. The molecule has 2 atom stereocenters. The molecule has 432 valence electrons. The lowest BCUT2D eigenvalue weighted by atomic mass is 9.52. The van der Waals surface area contributed by atoms with E-state index in [0.29, 0.717) is 13.1 Å². The monoisotopic (exact) mass is 1190 g/mol. The van der Waals surface area contributed by atoms with Gasteiger partial charge in [-0.05, 0) is 375 Å². The second kappa shape index (κ2) is 10.8. The molecule has 1 fully saturated rings. The fourth-order valence-corrected chi connectivity index (χ4v) is 27.4. The fraction of sp³-hybridized carbons (Fsp3) is 0.265. The molecule has 2 spiro atoms. The van der Waals surface area contributed by atoms with E-state index in [0.717, 1.165) is 13.1 Å². The van der Waals surface area contributed by atoms with Crippen LogP contribution >= 0.6 is 0 Å². The lowest BCUT2D eigenvalue weighted by molar-refractivity contribution is 0.0124. The SMILES string of the molecule is CC(C)(C)OC(=O)NCCN(CCN(CCN1CC23c4c5c6c7c8c9c(c%10c%11c2c2c%12c4c4c%13c5c5c7c7c8c8c%14c9c%10c9c%10c%11c2c2c%11c%12c4c4c%12c%13c5c5c7c7c8c8c%14c9c9c%10c2c2c%11c4c4c%12c5c7c5c8c9c2c45)C63C1)C(=O)OC(C)(C)C)C(=O)OC(C)(C)C. The smallest absolute Gasteiger partial charge is 0.410 e. The van der Waals surface area contributed by atoms with Crippen LogP contribution in [0.1, 0.15) is 84.6 Å². The zero-order valence-corrected chi connectivity index (χ0v) is 51.9. The Morgan fingerprint density at radius 3 is 0.763 bits per heavy atom. The summed E-state index contributed by atoms with van der Waals surface area (Å²) in [6, 6.07) is 0. The maximum absolute atomic E-state index is 15.1. The van der Waals surface area contributed by atoms with Crippen LogP contribution in [0.2, 0.25) is 0 Å². The van der Waals surface area contributed by atoms with Crippen LogP contribution in [0.3, 0.4) is 0 Å². The summed E-state index contributed by atoms with van der Waals surface area (Å²) in [5, 5.41) is 89.0. The number of rotatable bonds is 9. The van der Waals surface area contributed by atoms with Gasteiger partial charge in [0.2, 0.25) is 0 Å². The first-order valence-electron chi connectivity index (χ1n) is 34.3. The van der Waals surface area contributed by atoms with Crippen molar-refractivity contribution in [2.45, 2.75) is 89.9 Å². The highest BCUT2D eigenvalue weighted by molar-refractivity contribution is 6.82. The van der Waals surface area contributed by atoms with E-state index in [-0.39, 0.29) is 26.2 Å². The van der Waals surface area contributed by atoms with Crippen LogP contribution in [0.5, 0.6) is 0 Å². The van der Waals surface area contributed by atoms with Crippen molar-refractivity contribution in [1.29, 1.82) is 0 Å². The van der Waals surface area contributed by atoms with Crippen LogP contribution in [0.25, 0.3) is 291 Å². The van der Waals surface area contributed by atoms with Gasteiger partial charge in [-0.25, -0.2) is 14.4 Å². The minimum absolute atomic E-state index is 0.150. The summed E-state index contributed by atoms with van der Waals surface area (Å²) >= 11 is 0. The molecule has 1 heterocycles. The number of hydrogen-bond donors (Lipinski definition) is 1. The topological polar surface area (TPSA) is 101 Å². The molecule has 0 bridgehead atoms. The number of likely N-dealkylation sites (tertiary alicyclic amines) is 1. The minimum atomic E-state index is -0.762. The molecule has 0 aromatic heterocycles. The van der Waals surface area contributed by atoms with E-state index in [1.165, 1.54) is 0 Å². The van der Waals surface area contributed by atoms with Crippen LogP contribution in [-0.2, 0) is 25.0 Å². The van der Waals surface area contributed by atoms with E-state index in [4.69, 9.17) is 14.2 Å². The Morgan fingerprint density at radius 1 is 0.301 bits per heavy atom. The zero-order valence-electron chi connectivity index (χ0n) is 51.9. The minimum Gasteiger partial charge on any atom is -0.444 e. The first kappa shape index (κ1) is 43.1. The maximum Gasteiger partial charge on any atom is 0.410 e. The van der Waals surface area contributed by atoms with E-state index in [1.807, 2.05) is 67.2 Å². The lowest BCUT2D eigenvalue weighted by Gasteiger charge is -2.48. The van der Waals surface area contributed by atoms with Crippen molar-refractivity contribution >= 4 is 309 Å². The molecule has 1 aliphatic heterocycles. The van der Waals surface area contributed by atoms with Crippen molar-refractivity contribution in [3.63, 3.8) is 0 Å². The van der Waals surface area contributed by atoms with Crippen LogP contribution in [0.4, 0.5) is 14.4 Å². The molecular formula is C83H44N4O6. The third-order valence-electron chi connectivity index (χ3n) is 28.3. The van der Waals surface area contributed by atoms with Crippen molar-refractivity contribution in [2.24, 2.45) is 0 Å². The number of carbonyl (C=O) groups is 3. The predicted octanol–water partition coefficient (Wildman–Crippen LogP) is 19.6. The van der Waals surface area contributed by atoms with Gasteiger partial charge in [0, 0.05) is 52.4 Å². The van der Waals surface area contributed by atoms with E-state index >= 15 is 4.79 Å². The molecule has 28 aromatic rings. The third-order valence-corrected chi connectivity index (χ3v) is 28.3. The molecule has 0 saturated carbocycles. The second-order valence-corrected chi connectivity index (χ2v) is 34.6. The van der Waals surface area contributed by atoms with Gasteiger partial charge in [0.15, 0.2) is 0 Å². The van der Waals surface area contributed by atoms with Gasteiger partial charge in [-0.2, -0.15) is 0 Å². The summed E-state index contributed by atoms with van der Waals surface area (Å²) in [4.78, 5) is 48.5. The average Bonchev–Trinajstić information content (AvgIpc) is 1.38. The summed E-state index contributed by atoms with van der Waals surface area (Å²) in [5.41, 5.74) is 3.55. The molecular weight excluding hydrogens is 1150 g/mol. The van der Waals surface area contributed by atoms with Crippen LogP contribution in [-0.4, -0.2) is 102 Å². The number of ether oxygens (including phenoxy) is 3. The first-order valence-corrected chi connectivity index (χ1v) is 34.3. The van der Waals surface area contributed by atoms with Gasteiger partial charge < -0.3 is 29.3 Å². The number of nitrogens with one attached hydrogen (secondary N) is 1. The van der Waals surface area contributed by atoms with Gasteiger partial charge in [-0.1, -0.05) is 0 Å². The van der Waals surface area contributed by atoms with Crippen molar-refractivity contribution in [2.75, 3.05) is 52.4 Å². The molecule has 93 heavy (non-hydrogen) atoms. The maximum atomic E-state index is 15.1. The fourth-order valence-electron chi connectivity index (χ4n) is 27.4. The number of benzene rings is 17. The molecule has 0 radical (unpaired) electrons. The van der Waals surface area contributed by atoms with E-state index < -0.39 is 45.9 Å². The van der Waals surface area contributed by atoms with Crippen molar-refractivity contribution < 1.29 is 28.6 Å². The molecule has 3 amide bonds.